The third kappa shape index (κ3) is 4.57. The standard InChI is InChI=1S/C18H29N3O3/c1-13-4-3-5-15(8-13)24-11-18(22)20-14-6-7-23-17(9-14)16-10-19-12-21(16)2/h10,12-15,17H,3-9,11H2,1-2H3,(H,20,22)/t13-,14-,15+,17-/m1/s1. The second kappa shape index (κ2) is 8.12. The van der Waals surface area contributed by atoms with Crippen LogP contribution in [0.3, 0.4) is 0 Å². The highest BCUT2D eigenvalue weighted by molar-refractivity contribution is 5.77. The minimum absolute atomic E-state index is 0.00309. The molecule has 0 aromatic carbocycles. The lowest BCUT2D eigenvalue weighted by atomic mass is 9.89. The molecule has 4 atom stereocenters. The molecule has 1 saturated heterocycles. The fourth-order valence-corrected chi connectivity index (χ4v) is 3.80. The van der Waals surface area contributed by atoms with Gasteiger partial charge in [0.2, 0.25) is 5.91 Å². The van der Waals surface area contributed by atoms with Gasteiger partial charge in [-0.05, 0) is 31.6 Å². The van der Waals surface area contributed by atoms with Gasteiger partial charge in [0.05, 0.1) is 24.3 Å². The molecule has 1 amide bonds. The molecule has 1 aliphatic carbocycles. The lowest BCUT2D eigenvalue weighted by Gasteiger charge is -2.31. The van der Waals surface area contributed by atoms with Crippen LogP contribution >= 0.6 is 0 Å². The second-order valence-corrected chi connectivity index (χ2v) is 7.28. The molecule has 3 rings (SSSR count). The van der Waals surface area contributed by atoms with Gasteiger partial charge < -0.3 is 19.4 Å². The van der Waals surface area contributed by atoms with E-state index >= 15 is 0 Å². The van der Waals surface area contributed by atoms with Gasteiger partial charge in [0.25, 0.3) is 0 Å². The van der Waals surface area contributed by atoms with Crippen molar-refractivity contribution in [2.45, 2.75) is 63.7 Å². The van der Waals surface area contributed by atoms with Crippen LogP contribution in [0.25, 0.3) is 0 Å². The monoisotopic (exact) mass is 335 g/mol. The van der Waals surface area contributed by atoms with Crippen molar-refractivity contribution < 1.29 is 14.3 Å². The molecule has 1 saturated carbocycles. The van der Waals surface area contributed by atoms with Crippen molar-refractivity contribution in [3.05, 3.63) is 18.2 Å². The Kier molecular flexibility index (Phi) is 5.89. The van der Waals surface area contributed by atoms with E-state index in [1.54, 1.807) is 6.33 Å². The zero-order valence-electron chi connectivity index (χ0n) is 14.7. The van der Waals surface area contributed by atoms with Gasteiger partial charge in [0.15, 0.2) is 0 Å². The maximum absolute atomic E-state index is 12.2. The number of hydrogen-bond acceptors (Lipinski definition) is 4. The predicted molar refractivity (Wildman–Crippen MR) is 90.4 cm³/mol. The Morgan fingerprint density at radius 1 is 1.42 bits per heavy atom. The van der Waals surface area contributed by atoms with E-state index in [1.165, 1.54) is 12.8 Å². The van der Waals surface area contributed by atoms with Crippen molar-refractivity contribution in [3.8, 4) is 0 Å². The van der Waals surface area contributed by atoms with Crippen LogP contribution in [0, 0.1) is 5.92 Å². The van der Waals surface area contributed by atoms with Crippen LogP contribution in [0.1, 0.15) is 57.2 Å². The lowest BCUT2D eigenvalue weighted by molar-refractivity contribution is -0.130. The smallest absolute Gasteiger partial charge is 0.246 e. The largest absolute Gasteiger partial charge is 0.372 e. The van der Waals surface area contributed by atoms with Crippen molar-refractivity contribution in [1.82, 2.24) is 14.9 Å². The van der Waals surface area contributed by atoms with Gasteiger partial charge in [0.1, 0.15) is 12.7 Å². The van der Waals surface area contributed by atoms with Crippen molar-refractivity contribution in [3.63, 3.8) is 0 Å². The quantitative estimate of drug-likeness (QED) is 0.897. The Balaban J connectivity index is 1.43. The average molecular weight is 335 g/mol. The normalized spacial score (nSPS) is 30.9. The first-order valence-electron chi connectivity index (χ1n) is 9.10. The number of carbonyl (C=O) groups is 1. The van der Waals surface area contributed by atoms with E-state index < -0.39 is 0 Å². The summed E-state index contributed by atoms with van der Waals surface area (Å²) in [6.07, 6.45) is 10.1. The van der Waals surface area contributed by atoms with E-state index in [0.29, 0.717) is 12.5 Å². The van der Waals surface area contributed by atoms with E-state index in [1.807, 2.05) is 17.8 Å². The van der Waals surface area contributed by atoms with Gasteiger partial charge in [-0.15, -0.1) is 0 Å². The van der Waals surface area contributed by atoms with E-state index in [9.17, 15) is 4.79 Å². The van der Waals surface area contributed by atoms with E-state index in [-0.39, 0.29) is 30.8 Å². The fourth-order valence-electron chi connectivity index (χ4n) is 3.80. The van der Waals surface area contributed by atoms with E-state index in [0.717, 1.165) is 31.4 Å². The number of carbonyl (C=O) groups excluding carboxylic acids is 1. The number of ether oxygens (including phenoxy) is 2. The summed E-state index contributed by atoms with van der Waals surface area (Å²) in [7, 11) is 1.97. The minimum atomic E-state index is -0.0103. The number of aromatic nitrogens is 2. The highest BCUT2D eigenvalue weighted by Gasteiger charge is 2.27. The highest BCUT2D eigenvalue weighted by Crippen LogP contribution is 2.28. The molecule has 0 radical (unpaired) electrons. The first-order valence-corrected chi connectivity index (χ1v) is 9.10. The van der Waals surface area contributed by atoms with Gasteiger partial charge in [0, 0.05) is 19.7 Å². The van der Waals surface area contributed by atoms with Crippen LogP contribution in [0.5, 0.6) is 0 Å². The summed E-state index contributed by atoms with van der Waals surface area (Å²) in [5, 5.41) is 3.11. The van der Waals surface area contributed by atoms with E-state index in [4.69, 9.17) is 9.47 Å². The second-order valence-electron chi connectivity index (χ2n) is 7.28. The summed E-state index contributed by atoms with van der Waals surface area (Å²) >= 11 is 0. The Hall–Kier alpha value is -1.40. The molecule has 1 aliphatic heterocycles. The highest BCUT2D eigenvalue weighted by atomic mass is 16.5. The van der Waals surface area contributed by atoms with Gasteiger partial charge in [-0.3, -0.25) is 4.79 Å². The fraction of sp³-hybridized carbons (Fsp3) is 0.778. The number of nitrogens with zero attached hydrogens (tertiary/aromatic N) is 2. The summed E-state index contributed by atoms with van der Waals surface area (Å²) in [6, 6.07) is 0.139. The molecule has 24 heavy (non-hydrogen) atoms. The Morgan fingerprint density at radius 2 is 2.29 bits per heavy atom. The molecule has 2 fully saturated rings. The number of nitrogens with one attached hydrogen (secondary N) is 1. The van der Waals surface area contributed by atoms with Crippen LogP contribution in [0.4, 0.5) is 0 Å². The molecule has 2 aliphatic rings. The van der Waals surface area contributed by atoms with E-state index in [2.05, 4.69) is 17.2 Å². The van der Waals surface area contributed by atoms with Gasteiger partial charge in [-0.2, -0.15) is 0 Å². The van der Waals surface area contributed by atoms with Gasteiger partial charge in [-0.25, -0.2) is 4.98 Å². The molecule has 2 heterocycles. The summed E-state index contributed by atoms with van der Waals surface area (Å²) in [5.41, 5.74) is 1.06. The lowest BCUT2D eigenvalue weighted by Crippen LogP contribution is -2.42. The number of hydrogen-bond donors (Lipinski definition) is 1. The summed E-state index contributed by atoms with van der Waals surface area (Å²) < 4.78 is 13.6. The molecule has 6 heteroatoms. The van der Waals surface area contributed by atoms with Crippen LogP contribution in [0.15, 0.2) is 12.5 Å². The topological polar surface area (TPSA) is 65.4 Å². The molecule has 1 aromatic rings. The van der Waals surface area contributed by atoms with Gasteiger partial charge >= 0.3 is 0 Å². The van der Waals surface area contributed by atoms with Crippen molar-refractivity contribution >= 4 is 5.91 Å². The van der Waals surface area contributed by atoms with Gasteiger partial charge in [-0.1, -0.05) is 19.8 Å². The summed E-state index contributed by atoms with van der Waals surface area (Å²) in [4.78, 5) is 16.3. The Labute approximate surface area is 143 Å². The zero-order valence-corrected chi connectivity index (χ0v) is 14.7. The molecule has 0 spiro atoms. The van der Waals surface area contributed by atoms with Crippen molar-refractivity contribution in [1.29, 1.82) is 0 Å². The number of rotatable bonds is 5. The third-order valence-electron chi connectivity index (χ3n) is 5.17. The summed E-state index contributed by atoms with van der Waals surface area (Å²) in [5.74, 6) is 0.700. The number of aryl methyl sites for hydroxylation is 1. The molecule has 0 unspecified atom stereocenters. The molecule has 0 bridgehead atoms. The zero-order chi connectivity index (χ0) is 16.9. The number of imidazole rings is 1. The minimum Gasteiger partial charge on any atom is -0.372 e. The molecular formula is C18H29N3O3. The molecule has 134 valence electrons. The summed E-state index contributed by atoms with van der Waals surface area (Å²) in [6.45, 7) is 3.09. The third-order valence-corrected chi connectivity index (χ3v) is 5.17. The van der Waals surface area contributed by atoms with Crippen LogP contribution < -0.4 is 5.32 Å². The predicted octanol–water partition coefficient (Wildman–Crippen LogP) is 2.35. The molecule has 1 N–H and O–H groups in total. The average Bonchev–Trinajstić information content (AvgIpc) is 2.99. The first-order chi connectivity index (χ1) is 11.6. The van der Waals surface area contributed by atoms with Crippen LogP contribution in [0.2, 0.25) is 0 Å². The number of amides is 1. The Morgan fingerprint density at radius 3 is 3.04 bits per heavy atom. The molecule has 6 nitrogen and oxygen atoms in total. The van der Waals surface area contributed by atoms with Crippen molar-refractivity contribution in [2.24, 2.45) is 13.0 Å². The van der Waals surface area contributed by atoms with Crippen molar-refractivity contribution in [2.75, 3.05) is 13.2 Å². The SMILES string of the molecule is C[C@@H]1CCC[C@H](OCC(=O)N[C@@H]2CCO[C@@H](c3cncn3C)C2)C1. The first kappa shape index (κ1) is 17.4. The van der Waals surface area contributed by atoms with Crippen LogP contribution in [-0.2, 0) is 21.3 Å². The van der Waals surface area contributed by atoms with Crippen LogP contribution in [-0.4, -0.2) is 40.8 Å². The molecular weight excluding hydrogens is 306 g/mol. The molecule has 1 aromatic heterocycles. The maximum Gasteiger partial charge on any atom is 0.246 e. The maximum atomic E-state index is 12.2. The Bertz CT molecular complexity index is 545.